The third-order valence-corrected chi connectivity index (χ3v) is 3.39. The molecule has 2 rings (SSSR count). The minimum atomic E-state index is -0.340. The van der Waals surface area contributed by atoms with E-state index in [4.69, 9.17) is 4.74 Å². The Morgan fingerprint density at radius 1 is 1.42 bits per heavy atom. The van der Waals surface area contributed by atoms with Gasteiger partial charge >= 0.3 is 5.97 Å². The normalized spacial score (nSPS) is 18.8. The van der Waals surface area contributed by atoms with Gasteiger partial charge in [0.2, 0.25) is 5.91 Å². The number of hydrogen-bond donors (Lipinski definition) is 0. The average molecular weight is 261 g/mol. The minimum absolute atomic E-state index is 0.00925. The zero-order valence-corrected chi connectivity index (χ0v) is 11.6. The van der Waals surface area contributed by atoms with Gasteiger partial charge < -0.3 is 9.64 Å². The smallest absolute Gasteiger partial charge is 0.311 e. The SMILES string of the molecule is CCOC(=O)C1CC(=O)N(c2ccc(C)cc2C)C1. The van der Waals surface area contributed by atoms with Gasteiger partial charge in [-0.2, -0.15) is 0 Å². The maximum Gasteiger partial charge on any atom is 0.311 e. The maximum absolute atomic E-state index is 12.0. The Kier molecular flexibility index (Phi) is 3.88. The van der Waals surface area contributed by atoms with Crippen molar-refractivity contribution >= 4 is 17.6 Å². The van der Waals surface area contributed by atoms with Gasteiger partial charge in [0.25, 0.3) is 0 Å². The first kappa shape index (κ1) is 13.6. The third-order valence-electron chi connectivity index (χ3n) is 3.39. The number of benzene rings is 1. The lowest BCUT2D eigenvalue weighted by Crippen LogP contribution is -2.27. The molecule has 0 aromatic heterocycles. The molecular weight excluding hydrogens is 242 g/mol. The fourth-order valence-corrected chi connectivity index (χ4v) is 2.47. The van der Waals surface area contributed by atoms with Crippen molar-refractivity contribution in [2.45, 2.75) is 27.2 Å². The molecule has 1 aliphatic rings. The lowest BCUT2D eigenvalue weighted by atomic mass is 10.1. The van der Waals surface area contributed by atoms with Crippen LogP contribution in [0, 0.1) is 19.8 Å². The van der Waals surface area contributed by atoms with Crippen LogP contribution in [0.5, 0.6) is 0 Å². The van der Waals surface area contributed by atoms with Crippen LogP contribution in [0.15, 0.2) is 18.2 Å². The van der Waals surface area contributed by atoms with Crippen molar-refractivity contribution < 1.29 is 14.3 Å². The zero-order chi connectivity index (χ0) is 14.0. The summed E-state index contributed by atoms with van der Waals surface area (Å²) in [5.74, 6) is -0.624. The number of anilines is 1. The molecule has 19 heavy (non-hydrogen) atoms. The maximum atomic E-state index is 12.0. The summed E-state index contributed by atoms with van der Waals surface area (Å²) in [5.41, 5.74) is 3.11. The highest BCUT2D eigenvalue weighted by atomic mass is 16.5. The summed E-state index contributed by atoms with van der Waals surface area (Å²) in [7, 11) is 0. The van der Waals surface area contributed by atoms with Crippen molar-refractivity contribution in [3.63, 3.8) is 0 Å². The number of amides is 1. The van der Waals surface area contributed by atoms with E-state index >= 15 is 0 Å². The Labute approximate surface area is 113 Å². The molecule has 4 nitrogen and oxygen atoms in total. The van der Waals surface area contributed by atoms with Crippen LogP contribution in [-0.4, -0.2) is 25.0 Å². The highest BCUT2D eigenvalue weighted by Gasteiger charge is 2.36. The second-order valence-electron chi connectivity index (χ2n) is 4.95. The molecule has 1 amide bonds. The third kappa shape index (κ3) is 2.78. The number of esters is 1. The van der Waals surface area contributed by atoms with E-state index in [2.05, 4.69) is 0 Å². The lowest BCUT2D eigenvalue weighted by molar-refractivity contribution is -0.147. The predicted octanol–water partition coefficient (Wildman–Crippen LogP) is 2.22. The minimum Gasteiger partial charge on any atom is -0.466 e. The molecule has 0 saturated carbocycles. The van der Waals surface area contributed by atoms with Crippen LogP contribution in [0.4, 0.5) is 5.69 Å². The fraction of sp³-hybridized carbons (Fsp3) is 0.467. The average Bonchev–Trinajstić information content (AvgIpc) is 2.72. The first-order valence-electron chi connectivity index (χ1n) is 6.57. The molecule has 0 aliphatic carbocycles. The predicted molar refractivity (Wildman–Crippen MR) is 73.0 cm³/mol. The number of carbonyl (C=O) groups excluding carboxylic acids is 2. The summed E-state index contributed by atoms with van der Waals surface area (Å²) in [6, 6.07) is 5.96. The largest absolute Gasteiger partial charge is 0.466 e. The zero-order valence-electron chi connectivity index (χ0n) is 11.6. The van der Waals surface area contributed by atoms with Gasteiger partial charge in [-0.3, -0.25) is 9.59 Å². The van der Waals surface area contributed by atoms with Gasteiger partial charge in [-0.05, 0) is 32.4 Å². The van der Waals surface area contributed by atoms with Crippen LogP contribution in [0.25, 0.3) is 0 Å². The second kappa shape index (κ2) is 5.43. The molecule has 1 fully saturated rings. The van der Waals surface area contributed by atoms with Crippen LogP contribution in [0.1, 0.15) is 24.5 Å². The van der Waals surface area contributed by atoms with Gasteiger partial charge in [0.1, 0.15) is 0 Å². The van der Waals surface area contributed by atoms with E-state index in [1.807, 2.05) is 32.0 Å². The van der Waals surface area contributed by atoms with Gasteiger partial charge in [0.15, 0.2) is 0 Å². The van der Waals surface area contributed by atoms with E-state index in [0.29, 0.717) is 13.2 Å². The number of nitrogens with zero attached hydrogens (tertiary/aromatic N) is 1. The van der Waals surface area contributed by atoms with Crippen molar-refractivity contribution in [1.29, 1.82) is 0 Å². The van der Waals surface area contributed by atoms with Gasteiger partial charge in [0.05, 0.1) is 12.5 Å². The van der Waals surface area contributed by atoms with E-state index in [0.717, 1.165) is 16.8 Å². The van der Waals surface area contributed by atoms with Crippen LogP contribution in [0.2, 0.25) is 0 Å². The van der Waals surface area contributed by atoms with Crippen molar-refractivity contribution in [3.05, 3.63) is 29.3 Å². The van der Waals surface area contributed by atoms with Gasteiger partial charge in [-0.25, -0.2) is 0 Å². The Bertz CT molecular complexity index is 510. The summed E-state index contributed by atoms with van der Waals surface area (Å²) in [5, 5.41) is 0. The highest BCUT2D eigenvalue weighted by Crippen LogP contribution is 2.28. The molecule has 4 heteroatoms. The van der Waals surface area contributed by atoms with Crippen molar-refractivity contribution in [1.82, 2.24) is 0 Å². The number of ether oxygens (including phenoxy) is 1. The van der Waals surface area contributed by atoms with Gasteiger partial charge in [-0.1, -0.05) is 17.7 Å². The van der Waals surface area contributed by atoms with Gasteiger partial charge in [-0.15, -0.1) is 0 Å². The summed E-state index contributed by atoms with van der Waals surface area (Å²) < 4.78 is 4.99. The molecule has 1 atom stereocenters. The van der Waals surface area contributed by atoms with Crippen LogP contribution in [-0.2, 0) is 14.3 Å². The van der Waals surface area contributed by atoms with Crippen LogP contribution >= 0.6 is 0 Å². The van der Waals surface area contributed by atoms with Gasteiger partial charge in [0, 0.05) is 18.7 Å². The highest BCUT2D eigenvalue weighted by molar-refractivity contribution is 6.00. The van der Waals surface area contributed by atoms with Crippen LogP contribution < -0.4 is 4.90 Å². The number of rotatable bonds is 3. The summed E-state index contributed by atoms with van der Waals surface area (Å²) in [6.07, 6.45) is 0.242. The molecule has 1 aromatic rings. The molecule has 1 heterocycles. The molecule has 0 radical (unpaired) electrons. The van der Waals surface area contributed by atoms with Crippen molar-refractivity contribution in [2.75, 3.05) is 18.1 Å². The summed E-state index contributed by atoms with van der Waals surface area (Å²) in [4.78, 5) is 25.4. The Hall–Kier alpha value is -1.84. The molecule has 102 valence electrons. The van der Waals surface area contributed by atoms with E-state index < -0.39 is 0 Å². The topological polar surface area (TPSA) is 46.6 Å². The van der Waals surface area contributed by atoms with E-state index in [9.17, 15) is 9.59 Å². The first-order chi connectivity index (χ1) is 9.02. The standard InChI is InChI=1S/C15H19NO3/c1-4-19-15(18)12-8-14(17)16(9-12)13-6-5-10(2)7-11(13)3/h5-7,12H,4,8-9H2,1-3H3. The first-order valence-corrected chi connectivity index (χ1v) is 6.57. The lowest BCUT2D eigenvalue weighted by Gasteiger charge is -2.19. The fourth-order valence-electron chi connectivity index (χ4n) is 2.47. The van der Waals surface area contributed by atoms with Crippen molar-refractivity contribution in [3.8, 4) is 0 Å². The molecule has 1 unspecified atom stereocenters. The molecule has 0 N–H and O–H groups in total. The van der Waals surface area contributed by atoms with E-state index in [-0.39, 0.29) is 24.2 Å². The van der Waals surface area contributed by atoms with E-state index in [1.54, 1.807) is 11.8 Å². The second-order valence-corrected chi connectivity index (χ2v) is 4.95. The molecule has 1 aromatic carbocycles. The van der Waals surface area contributed by atoms with Crippen LogP contribution in [0.3, 0.4) is 0 Å². The molecule has 0 spiro atoms. The Morgan fingerprint density at radius 3 is 2.79 bits per heavy atom. The Morgan fingerprint density at radius 2 is 2.16 bits per heavy atom. The quantitative estimate of drug-likeness (QED) is 0.784. The van der Waals surface area contributed by atoms with Crippen molar-refractivity contribution in [2.24, 2.45) is 5.92 Å². The summed E-state index contributed by atoms with van der Waals surface area (Å²) in [6.45, 7) is 6.54. The number of hydrogen-bond acceptors (Lipinski definition) is 3. The summed E-state index contributed by atoms with van der Waals surface area (Å²) >= 11 is 0. The number of aryl methyl sites for hydroxylation is 2. The van der Waals surface area contributed by atoms with E-state index in [1.165, 1.54) is 0 Å². The molecule has 1 aliphatic heterocycles. The molecular formula is C15H19NO3. The molecule has 1 saturated heterocycles. The monoisotopic (exact) mass is 261 g/mol. The number of carbonyl (C=O) groups is 2. The Balaban J connectivity index is 2.18. The molecule has 0 bridgehead atoms.